The number of rotatable bonds is 7. The third-order valence-corrected chi connectivity index (χ3v) is 2.73. The first kappa shape index (κ1) is 16.0. The number of hydrogen-bond acceptors (Lipinski definition) is 3. The molecule has 0 aliphatic heterocycles. The van der Waals surface area contributed by atoms with Gasteiger partial charge in [-0.2, -0.15) is 0 Å². The van der Waals surface area contributed by atoms with Crippen molar-refractivity contribution in [1.29, 1.82) is 0 Å². The molecule has 0 saturated carbocycles. The summed E-state index contributed by atoms with van der Waals surface area (Å²) >= 11 is 0. The Morgan fingerprint density at radius 1 is 1.15 bits per heavy atom. The van der Waals surface area contributed by atoms with E-state index in [1.54, 1.807) is 0 Å². The molecule has 0 spiro atoms. The van der Waals surface area contributed by atoms with Crippen molar-refractivity contribution in [2.45, 2.75) is 26.8 Å². The van der Waals surface area contributed by atoms with Gasteiger partial charge < -0.3 is 15.5 Å². The van der Waals surface area contributed by atoms with Gasteiger partial charge in [0.15, 0.2) is 0 Å². The minimum Gasteiger partial charge on any atom is -0.363 e. The number of carbonyl (C=O) groups is 2. The number of benzene rings is 1. The van der Waals surface area contributed by atoms with Crippen LogP contribution in [0.25, 0.3) is 0 Å². The zero-order chi connectivity index (χ0) is 15.0. The zero-order valence-electron chi connectivity index (χ0n) is 12.3. The molecule has 20 heavy (non-hydrogen) atoms. The second kappa shape index (κ2) is 8.19. The molecule has 2 amide bonds. The first-order chi connectivity index (χ1) is 9.52. The first-order valence-electron chi connectivity index (χ1n) is 6.89. The molecular formula is C15H23N3O2. The van der Waals surface area contributed by atoms with Gasteiger partial charge >= 0.3 is 0 Å². The van der Waals surface area contributed by atoms with Gasteiger partial charge in [0.2, 0.25) is 11.8 Å². The summed E-state index contributed by atoms with van der Waals surface area (Å²) in [4.78, 5) is 25.2. The highest BCUT2D eigenvalue weighted by atomic mass is 16.2. The second-order valence-corrected chi connectivity index (χ2v) is 4.85. The highest BCUT2D eigenvalue weighted by Crippen LogP contribution is 2.11. The standard InChI is InChI=1S/C15H23N3O2/c1-4-18(13-8-6-5-7-9-13)11-15(20)16-10-14(19)17-12(2)3/h5-9,12H,4,10-11H2,1-3H3,(H,16,20)(H,17,19). The fourth-order valence-corrected chi connectivity index (χ4v) is 1.81. The molecule has 1 aromatic carbocycles. The van der Waals surface area contributed by atoms with Crippen LogP contribution in [0.2, 0.25) is 0 Å². The van der Waals surface area contributed by atoms with Crippen LogP contribution < -0.4 is 15.5 Å². The minimum absolute atomic E-state index is 0.0172. The van der Waals surface area contributed by atoms with E-state index in [-0.39, 0.29) is 30.9 Å². The van der Waals surface area contributed by atoms with Crippen molar-refractivity contribution in [2.24, 2.45) is 0 Å². The van der Waals surface area contributed by atoms with Gasteiger partial charge in [0.25, 0.3) is 0 Å². The molecule has 0 radical (unpaired) electrons. The predicted molar refractivity (Wildman–Crippen MR) is 80.6 cm³/mol. The van der Waals surface area contributed by atoms with Crippen LogP contribution in [0.1, 0.15) is 20.8 Å². The van der Waals surface area contributed by atoms with Crippen molar-refractivity contribution in [3.63, 3.8) is 0 Å². The Bertz CT molecular complexity index is 432. The van der Waals surface area contributed by atoms with E-state index in [1.807, 2.05) is 56.0 Å². The lowest BCUT2D eigenvalue weighted by atomic mass is 10.3. The highest BCUT2D eigenvalue weighted by molar-refractivity contribution is 5.87. The monoisotopic (exact) mass is 277 g/mol. The number of nitrogens with zero attached hydrogens (tertiary/aromatic N) is 1. The second-order valence-electron chi connectivity index (χ2n) is 4.85. The van der Waals surface area contributed by atoms with Crippen molar-refractivity contribution in [2.75, 3.05) is 24.5 Å². The van der Waals surface area contributed by atoms with Gasteiger partial charge in [-0.15, -0.1) is 0 Å². The van der Waals surface area contributed by atoms with Crippen LogP contribution in [0.4, 0.5) is 5.69 Å². The Morgan fingerprint density at radius 2 is 1.80 bits per heavy atom. The molecule has 1 aromatic rings. The van der Waals surface area contributed by atoms with E-state index in [4.69, 9.17) is 0 Å². The van der Waals surface area contributed by atoms with Gasteiger partial charge in [-0.05, 0) is 32.9 Å². The van der Waals surface area contributed by atoms with Crippen LogP contribution in [-0.4, -0.2) is 37.5 Å². The summed E-state index contributed by atoms with van der Waals surface area (Å²) in [6, 6.07) is 9.81. The lowest BCUT2D eigenvalue weighted by molar-refractivity contribution is -0.125. The number of nitrogens with one attached hydrogen (secondary N) is 2. The van der Waals surface area contributed by atoms with Crippen LogP contribution in [0.15, 0.2) is 30.3 Å². The maximum absolute atomic E-state index is 11.8. The SMILES string of the molecule is CCN(CC(=O)NCC(=O)NC(C)C)c1ccccc1. The van der Waals surface area contributed by atoms with Crippen molar-refractivity contribution >= 4 is 17.5 Å². The lowest BCUT2D eigenvalue weighted by Crippen LogP contribution is -2.43. The van der Waals surface area contributed by atoms with Gasteiger partial charge in [-0.25, -0.2) is 0 Å². The van der Waals surface area contributed by atoms with Crippen molar-refractivity contribution in [1.82, 2.24) is 10.6 Å². The van der Waals surface area contributed by atoms with Crippen LogP contribution in [0.3, 0.4) is 0 Å². The van der Waals surface area contributed by atoms with Gasteiger partial charge in [0.05, 0.1) is 13.1 Å². The number of hydrogen-bond donors (Lipinski definition) is 2. The van der Waals surface area contributed by atoms with E-state index in [0.29, 0.717) is 0 Å². The van der Waals surface area contributed by atoms with Crippen LogP contribution >= 0.6 is 0 Å². The fraction of sp³-hybridized carbons (Fsp3) is 0.467. The van der Waals surface area contributed by atoms with Gasteiger partial charge in [-0.3, -0.25) is 9.59 Å². The molecule has 110 valence electrons. The Balaban J connectivity index is 2.42. The molecule has 0 saturated heterocycles. The molecule has 0 fully saturated rings. The number of para-hydroxylation sites is 1. The topological polar surface area (TPSA) is 61.4 Å². The summed E-state index contributed by atoms with van der Waals surface area (Å²) in [5.74, 6) is -0.328. The van der Waals surface area contributed by atoms with E-state index in [0.717, 1.165) is 12.2 Å². The van der Waals surface area contributed by atoms with E-state index in [9.17, 15) is 9.59 Å². The molecule has 1 rings (SSSR count). The molecule has 0 atom stereocenters. The molecule has 0 aliphatic carbocycles. The molecule has 0 heterocycles. The van der Waals surface area contributed by atoms with Crippen LogP contribution in [0, 0.1) is 0 Å². The van der Waals surface area contributed by atoms with Crippen molar-refractivity contribution < 1.29 is 9.59 Å². The summed E-state index contributed by atoms with van der Waals surface area (Å²) in [6.07, 6.45) is 0. The average Bonchev–Trinajstić information content (AvgIpc) is 2.43. The number of anilines is 1. The molecule has 0 unspecified atom stereocenters. The average molecular weight is 277 g/mol. The van der Waals surface area contributed by atoms with E-state index in [1.165, 1.54) is 0 Å². The fourth-order valence-electron chi connectivity index (χ4n) is 1.81. The Labute approximate surface area is 120 Å². The van der Waals surface area contributed by atoms with E-state index in [2.05, 4.69) is 10.6 Å². The zero-order valence-corrected chi connectivity index (χ0v) is 12.3. The van der Waals surface area contributed by atoms with E-state index < -0.39 is 0 Å². The minimum atomic E-state index is -0.170. The third-order valence-electron chi connectivity index (χ3n) is 2.73. The molecule has 5 heteroatoms. The molecule has 2 N–H and O–H groups in total. The van der Waals surface area contributed by atoms with Gasteiger partial charge in [0.1, 0.15) is 0 Å². The Morgan fingerprint density at radius 3 is 2.35 bits per heavy atom. The summed E-state index contributed by atoms with van der Waals surface area (Å²) in [5, 5.41) is 5.36. The molecule has 5 nitrogen and oxygen atoms in total. The summed E-state index contributed by atoms with van der Waals surface area (Å²) in [7, 11) is 0. The maximum Gasteiger partial charge on any atom is 0.239 e. The summed E-state index contributed by atoms with van der Waals surface area (Å²) in [6.45, 7) is 6.75. The Kier molecular flexibility index (Phi) is 6.56. The van der Waals surface area contributed by atoms with Gasteiger partial charge in [0, 0.05) is 18.3 Å². The van der Waals surface area contributed by atoms with E-state index >= 15 is 0 Å². The quantitative estimate of drug-likeness (QED) is 0.786. The summed E-state index contributed by atoms with van der Waals surface area (Å²) < 4.78 is 0. The maximum atomic E-state index is 11.8. The van der Waals surface area contributed by atoms with Crippen LogP contribution in [-0.2, 0) is 9.59 Å². The number of carbonyl (C=O) groups excluding carboxylic acids is 2. The molecule has 0 aliphatic rings. The Hall–Kier alpha value is -2.04. The van der Waals surface area contributed by atoms with Crippen LogP contribution in [0.5, 0.6) is 0 Å². The first-order valence-corrected chi connectivity index (χ1v) is 6.89. The number of amides is 2. The van der Waals surface area contributed by atoms with Crippen molar-refractivity contribution in [3.05, 3.63) is 30.3 Å². The number of likely N-dealkylation sites (N-methyl/N-ethyl adjacent to an activating group) is 1. The van der Waals surface area contributed by atoms with Crippen molar-refractivity contribution in [3.8, 4) is 0 Å². The molecule has 0 aromatic heterocycles. The molecular weight excluding hydrogens is 254 g/mol. The predicted octanol–water partition coefficient (Wildman–Crippen LogP) is 1.15. The lowest BCUT2D eigenvalue weighted by Gasteiger charge is -2.22. The largest absolute Gasteiger partial charge is 0.363 e. The third kappa shape index (κ3) is 5.73. The van der Waals surface area contributed by atoms with Gasteiger partial charge in [-0.1, -0.05) is 18.2 Å². The highest BCUT2D eigenvalue weighted by Gasteiger charge is 2.11. The molecule has 0 bridgehead atoms. The smallest absolute Gasteiger partial charge is 0.239 e. The summed E-state index contributed by atoms with van der Waals surface area (Å²) in [5.41, 5.74) is 0.997. The normalized spacial score (nSPS) is 10.2.